The Balaban J connectivity index is 1.22. The molecule has 3 aromatic rings. The SMILES string of the molecule is C=C[C@@H]1CC1(NC(=O)[C@@H]1C[C@@H]2CN1C(=O)[C@H](Cc1ccccc1)NC(=O)OCCC/C=C/c1ccc3ccnc(c3c1)O2)C(=O)NS(=O)(=O)C1CC1. The molecule has 0 spiro atoms. The van der Waals surface area contributed by atoms with Gasteiger partial charge in [-0.2, -0.15) is 0 Å². The molecule has 0 radical (unpaired) electrons. The Morgan fingerprint density at radius 2 is 1.92 bits per heavy atom. The molecule has 14 heteroatoms. The normalized spacial score (nSPS) is 27.0. The van der Waals surface area contributed by atoms with Crippen molar-refractivity contribution in [3.05, 3.63) is 90.7 Å². The summed E-state index contributed by atoms with van der Waals surface area (Å²) in [6.07, 6.45) is 8.07. The van der Waals surface area contributed by atoms with Gasteiger partial charge in [0.25, 0.3) is 5.91 Å². The van der Waals surface area contributed by atoms with Gasteiger partial charge in [0, 0.05) is 30.3 Å². The van der Waals surface area contributed by atoms with Crippen molar-refractivity contribution in [1.82, 2.24) is 25.2 Å². The molecule has 272 valence electrons. The van der Waals surface area contributed by atoms with Gasteiger partial charge in [0.2, 0.25) is 27.7 Å². The van der Waals surface area contributed by atoms with Crippen molar-refractivity contribution in [2.75, 3.05) is 13.2 Å². The predicted molar refractivity (Wildman–Crippen MR) is 192 cm³/mol. The number of sulfonamides is 1. The molecule has 4 bridgehead atoms. The largest absolute Gasteiger partial charge is 0.472 e. The summed E-state index contributed by atoms with van der Waals surface area (Å²) in [5.41, 5.74) is 0.146. The molecule has 2 aromatic carbocycles. The highest BCUT2D eigenvalue weighted by Gasteiger charge is 2.62. The second-order valence-electron chi connectivity index (χ2n) is 13.8. The van der Waals surface area contributed by atoms with Crippen LogP contribution in [0.3, 0.4) is 0 Å². The molecule has 2 saturated carbocycles. The number of aromatic nitrogens is 1. The van der Waals surface area contributed by atoms with E-state index in [1.54, 1.807) is 6.20 Å². The molecular weight excluding hydrogens is 687 g/mol. The van der Waals surface area contributed by atoms with E-state index in [0.717, 1.165) is 21.9 Å². The van der Waals surface area contributed by atoms with Crippen LogP contribution in [0.4, 0.5) is 4.79 Å². The summed E-state index contributed by atoms with van der Waals surface area (Å²) in [4.78, 5) is 61.2. The third-order valence-electron chi connectivity index (χ3n) is 10.1. The summed E-state index contributed by atoms with van der Waals surface area (Å²) in [6, 6.07) is 14.7. The number of rotatable bonds is 8. The Kier molecular flexibility index (Phi) is 9.75. The zero-order valence-corrected chi connectivity index (χ0v) is 29.3. The number of nitrogens with zero attached hydrogens (tertiary/aromatic N) is 2. The number of alkyl carbamates (subject to hydrolysis) is 1. The number of fused-ring (bicyclic) bond motifs is 3. The van der Waals surface area contributed by atoms with Gasteiger partial charge in [-0.15, -0.1) is 6.58 Å². The van der Waals surface area contributed by atoms with E-state index in [4.69, 9.17) is 9.47 Å². The lowest BCUT2D eigenvalue weighted by molar-refractivity contribution is -0.141. The zero-order valence-electron chi connectivity index (χ0n) is 28.5. The Morgan fingerprint density at radius 1 is 1.12 bits per heavy atom. The standard InChI is InChI=1S/C38H41N5O8S/c1-2-27-22-38(27,36(46)42-52(48,49)29-14-15-29)41-33(44)32-21-28-23-43(32)35(45)31(20-24-9-5-3-6-10-24)40-37(47)50-18-8-4-7-11-25-12-13-26-16-17-39-34(51-28)30(26)19-25/h2-3,5-7,9-13,16-17,19,27-29,31-32H,1,4,8,14-15,18,20-23H2,(H,40,47)(H,41,44)(H,42,46)/b11-7+/t27-,28-,31+,32+,38?/m1/s1. The van der Waals surface area contributed by atoms with Crippen molar-refractivity contribution in [2.24, 2.45) is 5.92 Å². The first kappa shape index (κ1) is 35.2. The van der Waals surface area contributed by atoms with Crippen molar-refractivity contribution in [1.29, 1.82) is 0 Å². The smallest absolute Gasteiger partial charge is 0.407 e. The van der Waals surface area contributed by atoms with Crippen LogP contribution in [0.5, 0.6) is 5.88 Å². The lowest BCUT2D eigenvalue weighted by Gasteiger charge is -2.29. The number of nitrogens with one attached hydrogen (secondary N) is 3. The van der Waals surface area contributed by atoms with Crippen molar-refractivity contribution >= 4 is 50.7 Å². The molecule has 2 aliphatic carbocycles. The highest BCUT2D eigenvalue weighted by Crippen LogP contribution is 2.45. The molecule has 3 N–H and O–H groups in total. The Labute approximate surface area is 301 Å². The van der Waals surface area contributed by atoms with E-state index in [1.807, 2.05) is 66.7 Å². The molecule has 3 fully saturated rings. The second kappa shape index (κ2) is 14.4. The van der Waals surface area contributed by atoms with Crippen molar-refractivity contribution < 1.29 is 37.1 Å². The van der Waals surface area contributed by atoms with Gasteiger partial charge in [-0.05, 0) is 60.7 Å². The van der Waals surface area contributed by atoms with Gasteiger partial charge >= 0.3 is 6.09 Å². The van der Waals surface area contributed by atoms with E-state index in [9.17, 15) is 27.6 Å². The maximum Gasteiger partial charge on any atom is 0.407 e. The van der Waals surface area contributed by atoms with Gasteiger partial charge in [0.15, 0.2) is 0 Å². The number of carbonyl (C=O) groups excluding carboxylic acids is 4. The topological polar surface area (TPSA) is 173 Å². The lowest BCUT2D eigenvalue weighted by Crippen LogP contribution is -2.58. The van der Waals surface area contributed by atoms with Gasteiger partial charge in [-0.25, -0.2) is 18.2 Å². The number of allylic oxidation sites excluding steroid dienone is 1. The number of benzene rings is 2. The van der Waals surface area contributed by atoms with E-state index in [1.165, 1.54) is 11.0 Å². The van der Waals surface area contributed by atoms with Crippen LogP contribution in [-0.4, -0.2) is 84.2 Å². The fraction of sp³-hybridized carbons (Fsp3) is 0.395. The second-order valence-corrected chi connectivity index (χ2v) is 15.8. The predicted octanol–water partition coefficient (Wildman–Crippen LogP) is 3.40. The summed E-state index contributed by atoms with van der Waals surface area (Å²) >= 11 is 0. The quantitative estimate of drug-likeness (QED) is 0.294. The number of amides is 4. The summed E-state index contributed by atoms with van der Waals surface area (Å²) in [7, 11) is -3.89. The fourth-order valence-corrected chi connectivity index (χ4v) is 8.29. The summed E-state index contributed by atoms with van der Waals surface area (Å²) in [6.45, 7) is 3.87. The maximum atomic E-state index is 14.5. The van der Waals surface area contributed by atoms with Crippen LogP contribution in [0.15, 0.2) is 79.5 Å². The Morgan fingerprint density at radius 3 is 2.67 bits per heavy atom. The first-order valence-corrected chi connectivity index (χ1v) is 19.1. The van der Waals surface area contributed by atoms with Gasteiger partial charge in [0.1, 0.15) is 23.7 Å². The van der Waals surface area contributed by atoms with Crippen LogP contribution in [-0.2, 0) is 35.6 Å². The maximum absolute atomic E-state index is 14.5. The number of hydrogen-bond donors (Lipinski definition) is 3. The third kappa shape index (κ3) is 7.52. The van der Waals surface area contributed by atoms with Crippen molar-refractivity contribution in [2.45, 2.75) is 73.9 Å². The van der Waals surface area contributed by atoms with E-state index in [-0.39, 0.29) is 32.4 Å². The number of ether oxygens (including phenoxy) is 2. The average Bonchev–Trinajstić information content (AvgIpc) is 4.06. The number of cyclic esters (lactones) is 1. The van der Waals surface area contributed by atoms with Gasteiger partial charge < -0.3 is 25.0 Å². The molecular formula is C38H41N5O8S. The molecule has 1 unspecified atom stereocenters. The summed E-state index contributed by atoms with van der Waals surface area (Å²) in [5.74, 6) is -2.22. The molecule has 13 nitrogen and oxygen atoms in total. The average molecular weight is 728 g/mol. The van der Waals surface area contributed by atoms with E-state index < -0.39 is 68.7 Å². The first-order valence-electron chi connectivity index (χ1n) is 17.6. The highest BCUT2D eigenvalue weighted by molar-refractivity contribution is 7.91. The minimum Gasteiger partial charge on any atom is -0.472 e. The van der Waals surface area contributed by atoms with E-state index >= 15 is 0 Å². The van der Waals surface area contributed by atoms with Crippen LogP contribution in [0.2, 0.25) is 0 Å². The van der Waals surface area contributed by atoms with Crippen LogP contribution in [0.25, 0.3) is 16.8 Å². The Hall–Kier alpha value is -5.24. The van der Waals surface area contributed by atoms with Crippen LogP contribution in [0.1, 0.15) is 49.7 Å². The van der Waals surface area contributed by atoms with Crippen LogP contribution >= 0.6 is 0 Å². The summed E-state index contributed by atoms with van der Waals surface area (Å²) < 4.78 is 39.5. The number of carbonyl (C=O) groups is 4. The van der Waals surface area contributed by atoms with Gasteiger partial charge in [-0.1, -0.05) is 60.7 Å². The minimum atomic E-state index is -3.89. The van der Waals surface area contributed by atoms with E-state index in [2.05, 4.69) is 26.9 Å². The monoisotopic (exact) mass is 727 g/mol. The minimum absolute atomic E-state index is 0.0310. The molecule has 5 atom stereocenters. The zero-order chi connectivity index (χ0) is 36.5. The molecule has 4 amide bonds. The molecule has 2 aliphatic heterocycles. The number of hydrogen-bond acceptors (Lipinski definition) is 9. The third-order valence-corrected chi connectivity index (χ3v) is 11.9. The molecule has 7 rings (SSSR count). The summed E-state index contributed by atoms with van der Waals surface area (Å²) in [5, 5.41) is 6.54. The van der Waals surface area contributed by atoms with E-state index in [0.29, 0.717) is 31.6 Å². The van der Waals surface area contributed by atoms with Crippen molar-refractivity contribution in [3.8, 4) is 5.88 Å². The van der Waals surface area contributed by atoms with Gasteiger partial charge in [-0.3, -0.25) is 19.1 Å². The molecule has 4 aliphatic rings. The van der Waals surface area contributed by atoms with Crippen LogP contribution < -0.4 is 20.1 Å². The molecule has 3 heterocycles. The number of pyridine rings is 1. The fourth-order valence-electron chi connectivity index (χ4n) is 6.93. The lowest BCUT2D eigenvalue weighted by atomic mass is 10.0. The first-order chi connectivity index (χ1) is 25.1. The Bertz CT molecular complexity index is 2030. The highest BCUT2D eigenvalue weighted by atomic mass is 32.2. The van der Waals surface area contributed by atoms with Crippen molar-refractivity contribution in [3.63, 3.8) is 0 Å². The molecule has 52 heavy (non-hydrogen) atoms. The van der Waals surface area contributed by atoms with Gasteiger partial charge in [0.05, 0.1) is 18.4 Å². The molecule has 1 aromatic heterocycles. The van der Waals surface area contributed by atoms with Crippen LogP contribution in [0, 0.1) is 5.92 Å². The molecule has 1 saturated heterocycles.